The third-order valence-corrected chi connectivity index (χ3v) is 1.89. The standard InChI is InChI=1S/C10H10N2O2/c11-12-10(5-2-6-14-12)8-3-1-4-9(13)7-8/h1-7,13H,11H2. The molecule has 2 rings (SSSR count). The molecular formula is C10H10N2O2. The molecule has 0 bridgehead atoms. The molecule has 0 saturated heterocycles. The molecule has 0 aliphatic carbocycles. The van der Waals surface area contributed by atoms with Crippen LogP contribution in [-0.4, -0.2) is 10.3 Å². The minimum atomic E-state index is 0.200. The summed E-state index contributed by atoms with van der Waals surface area (Å²) in [7, 11) is 0. The molecular weight excluding hydrogens is 180 g/mol. The van der Waals surface area contributed by atoms with Crippen molar-refractivity contribution >= 4 is 5.70 Å². The van der Waals surface area contributed by atoms with Gasteiger partial charge in [-0.2, -0.15) is 0 Å². The maximum absolute atomic E-state index is 9.28. The van der Waals surface area contributed by atoms with Gasteiger partial charge in [0.1, 0.15) is 17.7 Å². The summed E-state index contributed by atoms with van der Waals surface area (Å²) in [6.45, 7) is 0. The normalized spacial score (nSPS) is 14.9. The van der Waals surface area contributed by atoms with Gasteiger partial charge in [0, 0.05) is 5.56 Å². The second-order valence-corrected chi connectivity index (χ2v) is 2.86. The van der Waals surface area contributed by atoms with E-state index in [1.807, 2.05) is 6.07 Å². The molecule has 1 aromatic rings. The zero-order valence-corrected chi connectivity index (χ0v) is 7.42. The van der Waals surface area contributed by atoms with Gasteiger partial charge >= 0.3 is 0 Å². The Morgan fingerprint density at radius 1 is 1.36 bits per heavy atom. The van der Waals surface area contributed by atoms with Gasteiger partial charge in [-0.1, -0.05) is 12.1 Å². The molecule has 4 heteroatoms. The highest BCUT2D eigenvalue weighted by Gasteiger charge is 2.10. The first-order valence-electron chi connectivity index (χ1n) is 4.15. The monoisotopic (exact) mass is 190 g/mol. The van der Waals surface area contributed by atoms with Crippen LogP contribution in [0, 0.1) is 0 Å². The lowest BCUT2D eigenvalue weighted by Gasteiger charge is -2.21. The summed E-state index contributed by atoms with van der Waals surface area (Å²) in [5.41, 5.74) is 1.50. The smallest absolute Gasteiger partial charge is 0.121 e. The predicted octanol–water partition coefficient (Wildman–Crippen LogP) is 1.37. The van der Waals surface area contributed by atoms with Crippen molar-refractivity contribution in [2.24, 2.45) is 5.84 Å². The fourth-order valence-corrected chi connectivity index (χ4v) is 1.25. The molecule has 0 unspecified atom stereocenters. The van der Waals surface area contributed by atoms with Crippen molar-refractivity contribution in [1.82, 2.24) is 5.17 Å². The summed E-state index contributed by atoms with van der Waals surface area (Å²) < 4.78 is 0. The fraction of sp³-hybridized carbons (Fsp3) is 0. The summed E-state index contributed by atoms with van der Waals surface area (Å²) in [4.78, 5) is 4.97. The van der Waals surface area contributed by atoms with Crippen molar-refractivity contribution in [2.75, 3.05) is 0 Å². The van der Waals surface area contributed by atoms with Gasteiger partial charge in [0.2, 0.25) is 0 Å². The Hall–Kier alpha value is -1.94. The average molecular weight is 190 g/mol. The quantitative estimate of drug-likeness (QED) is 0.656. The Morgan fingerprint density at radius 3 is 2.93 bits per heavy atom. The van der Waals surface area contributed by atoms with Crippen LogP contribution in [0.4, 0.5) is 0 Å². The zero-order chi connectivity index (χ0) is 9.97. The highest BCUT2D eigenvalue weighted by atomic mass is 16.7. The van der Waals surface area contributed by atoms with Gasteiger partial charge in [0.25, 0.3) is 0 Å². The molecule has 14 heavy (non-hydrogen) atoms. The van der Waals surface area contributed by atoms with Crippen molar-refractivity contribution in [3.8, 4) is 5.75 Å². The summed E-state index contributed by atoms with van der Waals surface area (Å²) in [5, 5.41) is 10.4. The zero-order valence-electron chi connectivity index (χ0n) is 7.42. The first-order chi connectivity index (χ1) is 6.77. The molecule has 0 aromatic heterocycles. The molecule has 0 fully saturated rings. The number of hydrazine groups is 1. The van der Waals surface area contributed by atoms with Crippen LogP contribution in [0.2, 0.25) is 0 Å². The third kappa shape index (κ3) is 1.55. The third-order valence-electron chi connectivity index (χ3n) is 1.89. The first-order valence-corrected chi connectivity index (χ1v) is 4.15. The second-order valence-electron chi connectivity index (χ2n) is 2.86. The van der Waals surface area contributed by atoms with Crippen LogP contribution in [0.15, 0.2) is 42.7 Å². The van der Waals surface area contributed by atoms with Gasteiger partial charge < -0.3 is 9.94 Å². The van der Waals surface area contributed by atoms with Crippen molar-refractivity contribution in [1.29, 1.82) is 0 Å². The lowest BCUT2D eigenvalue weighted by Crippen LogP contribution is -2.28. The molecule has 1 aromatic carbocycles. The van der Waals surface area contributed by atoms with Crippen LogP contribution in [0.3, 0.4) is 0 Å². The van der Waals surface area contributed by atoms with E-state index in [4.69, 9.17) is 10.7 Å². The molecule has 1 aliphatic heterocycles. The molecule has 1 aliphatic rings. The summed E-state index contributed by atoms with van der Waals surface area (Å²) in [5.74, 6) is 5.77. The first kappa shape index (κ1) is 8.65. The number of phenolic OH excluding ortho intramolecular Hbond substituents is 1. The van der Waals surface area contributed by atoms with Crippen molar-refractivity contribution in [2.45, 2.75) is 0 Å². The second kappa shape index (κ2) is 3.43. The molecule has 0 radical (unpaired) electrons. The summed E-state index contributed by atoms with van der Waals surface area (Å²) in [6, 6.07) is 6.81. The molecule has 0 saturated carbocycles. The summed E-state index contributed by atoms with van der Waals surface area (Å²) in [6.07, 6.45) is 5.02. The lowest BCUT2D eigenvalue weighted by atomic mass is 10.1. The number of phenols is 1. The van der Waals surface area contributed by atoms with Gasteiger partial charge in [-0.3, -0.25) is 0 Å². The van der Waals surface area contributed by atoms with Crippen molar-refractivity contribution in [3.63, 3.8) is 0 Å². The topological polar surface area (TPSA) is 58.7 Å². The van der Waals surface area contributed by atoms with E-state index in [0.717, 1.165) is 10.7 Å². The molecule has 0 amide bonds. The van der Waals surface area contributed by atoms with Crippen molar-refractivity contribution < 1.29 is 9.94 Å². The number of benzene rings is 1. The van der Waals surface area contributed by atoms with E-state index >= 15 is 0 Å². The molecule has 0 atom stereocenters. The highest BCUT2D eigenvalue weighted by molar-refractivity contribution is 5.66. The number of allylic oxidation sites excluding steroid dienone is 2. The molecule has 0 spiro atoms. The highest BCUT2D eigenvalue weighted by Crippen LogP contribution is 2.22. The Kier molecular flexibility index (Phi) is 2.12. The summed E-state index contributed by atoms with van der Waals surface area (Å²) >= 11 is 0. The fourth-order valence-electron chi connectivity index (χ4n) is 1.25. The van der Waals surface area contributed by atoms with Crippen LogP contribution in [0.25, 0.3) is 5.70 Å². The maximum Gasteiger partial charge on any atom is 0.121 e. The van der Waals surface area contributed by atoms with Gasteiger partial charge in [-0.15, -0.1) is 5.17 Å². The maximum atomic E-state index is 9.28. The Balaban J connectivity index is 2.39. The minimum Gasteiger partial charge on any atom is -0.508 e. The van der Waals surface area contributed by atoms with E-state index in [2.05, 4.69) is 0 Å². The minimum absolute atomic E-state index is 0.200. The number of hydroxylamine groups is 1. The number of hydrogen-bond donors (Lipinski definition) is 2. The van der Waals surface area contributed by atoms with Crippen LogP contribution >= 0.6 is 0 Å². The molecule has 3 N–H and O–H groups in total. The Labute approximate surface area is 81.4 Å². The lowest BCUT2D eigenvalue weighted by molar-refractivity contribution is -0.0481. The van der Waals surface area contributed by atoms with Crippen LogP contribution < -0.4 is 5.84 Å². The van der Waals surface area contributed by atoms with Crippen LogP contribution in [-0.2, 0) is 4.84 Å². The van der Waals surface area contributed by atoms with Crippen LogP contribution in [0.1, 0.15) is 5.56 Å². The SMILES string of the molecule is NN1OC=CC=C1c1cccc(O)c1. The Bertz CT molecular complexity index is 399. The van der Waals surface area contributed by atoms with Crippen LogP contribution in [0.5, 0.6) is 5.75 Å². The van der Waals surface area contributed by atoms with E-state index in [9.17, 15) is 5.11 Å². The van der Waals surface area contributed by atoms with Gasteiger partial charge in [0.05, 0.1) is 0 Å². The molecule has 72 valence electrons. The van der Waals surface area contributed by atoms with Gasteiger partial charge in [0.15, 0.2) is 0 Å². The predicted molar refractivity (Wildman–Crippen MR) is 52.3 cm³/mol. The number of nitrogens with zero attached hydrogens (tertiary/aromatic N) is 1. The largest absolute Gasteiger partial charge is 0.508 e. The van der Waals surface area contributed by atoms with Gasteiger partial charge in [-0.25, -0.2) is 5.84 Å². The molecule has 1 heterocycles. The van der Waals surface area contributed by atoms with E-state index in [0.29, 0.717) is 5.70 Å². The number of nitrogens with two attached hydrogens (primary N) is 1. The number of rotatable bonds is 1. The molecule has 4 nitrogen and oxygen atoms in total. The number of hydrogen-bond acceptors (Lipinski definition) is 4. The van der Waals surface area contributed by atoms with Crippen molar-refractivity contribution in [3.05, 3.63) is 48.2 Å². The average Bonchev–Trinajstić information content (AvgIpc) is 2.18. The Morgan fingerprint density at radius 2 is 2.21 bits per heavy atom. The number of aromatic hydroxyl groups is 1. The van der Waals surface area contributed by atoms with E-state index < -0.39 is 0 Å². The van der Waals surface area contributed by atoms with E-state index in [1.165, 1.54) is 6.26 Å². The van der Waals surface area contributed by atoms with Gasteiger partial charge in [-0.05, 0) is 24.3 Å². The van der Waals surface area contributed by atoms with E-state index in [1.54, 1.807) is 30.4 Å². The van der Waals surface area contributed by atoms with E-state index in [-0.39, 0.29) is 5.75 Å².